The van der Waals surface area contributed by atoms with Crippen LogP contribution in [0, 0.1) is 0 Å². The Bertz CT molecular complexity index is 832. The van der Waals surface area contributed by atoms with Crippen molar-refractivity contribution in [2.45, 2.75) is 18.7 Å². The molecule has 0 saturated heterocycles. The van der Waals surface area contributed by atoms with Crippen LogP contribution in [-0.4, -0.2) is 23.5 Å². The van der Waals surface area contributed by atoms with Gasteiger partial charge in [-0.2, -0.15) is 0 Å². The molecule has 0 saturated carbocycles. The largest absolute Gasteiger partial charge is 0.507 e. The predicted molar refractivity (Wildman–Crippen MR) is 98.9 cm³/mol. The SMILES string of the molecule is O=C(Nc1ccccc1)N[C@H]1C[C@@H](OC(=O)O)Nc2cc(Cl)cc(Cl)c21. The van der Waals surface area contributed by atoms with E-state index in [0.717, 1.165) is 0 Å². The molecule has 2 aromatic rings. The van der Waals surface area contributed by atoms with E-state index in [1.807, 2.05) is 6.07 Å². The Hall–Kier alpha value is -2.64. The van der Waals surface area contributed by atoms with E-state index in [-0.39, 0.29) is 6.42 Å². The zero-order chi connectivity index (χ0) is 18.7. The van der Waals surface area contributed by atoms with Gasteiger partial charge in [-0.3, -0.25) is 0 Å². The average molecular weight is 396 g/mol. The summed E-state index contributed by atoms with van der Waals surface area (Å²) in [5.74, 6) is 0. The summed E-state index contributed by atoms with van der Waals surface area (Å²) in [5, 5.41) is 18.0. The second-order valence-electron chi connectivity index (χ2n) is 5.62. The van der Waals surface area contributed by atoms with Crippen molar-refractivity contribution in [3.05, 3.63) is 58.1 Å². The van der Waals surface area contributed by atoms with Crippen LogP contribution in [0.2, 0.25) is 10.0 Å². The number of fused-ring (bicyclic) bond motifs is 1. The van der Waals surface area contributed by atoms with Gasteiger partial charge in [0.1, 0.15) is 0 Å². The van der Waals surface area contributed by atoms with Crippen molar-refractivity contribution in [1.29, 1.82) is 0 Å². The van der Waals surface area contributed by atoms with Gasteiger partial charge in [0.25, 0.3) is 0 Å². The van der Waals surface area contributed by atoms with Crippen molar-refractivity contribution >= 4 is 46.8 Å². The first kappa shape index (κ1) is 18.2. The van der Waals surface area contributed by atoms with Gasteiger partial charge in [-0.05, 0) is 24.3 Å². The Labute approximate surface area is 159 Å². The highest BCUT2D eigenvalue weighted by Gasteiger charge is 2.32. The minimum atomic E-state index is -1.42. The number of halogens is 2. The number of urea groups is 1. The van der Waals surface area contributed by atoms with E-state index < -0.39 is 24.5 Å². The standard InChI is InChI=1S/C17H15Cl2N3O4/c18-9-6-11(19)15-12(7-9)21-14(26-17(24)25)8-13(15)22-16(23)20-10-4-2-1-3-5-10/h1-7,13-14,21H,8H2,(H,24,25)(H2,20,22,23)/t13-,14+/m0/s1. The lowest BCUT2D eigenvalue weighted by atomic mass is 9.96. The number of ether oxygens (including phenoxy) is 1. The zero-order valence-corrected chi connectivity index (χ0v) is 14.8. The van der Waals surface area contributed by atoms with Crippen LogP contribution in [0.3, 0.4) is 0 Å². The fourth-order valence-electron chi connectivity index (χ4n) is 2.80. The smallest absolute Gasteiger partial charge is 0.450 e. The molecule has 1 aliphatic rings. The summed E-state index contributed by atoms with van der Waals surface area (Å²) in [7, 11) is 0. The highest BCUT2D eigenvalue weighted by atomic mass is 35.5. The highest BCUT2D eigenvalue weighted by Crippen LogP contribution is 2.40. The number of carbonyl (C=O) groups excluding carboxylic acids is 1. The first-order valence-electron chi connectivity index (χ1n) is 7.70. The third kappa shape index (κ3) is 4.30. The molecule has 0 bridgehead atoms. The molecule has 1 aliphatic heterocycles. The molecule has 2 amide bonds. The molecule has 0 aliphatic carbocycles. The molecule has 7 nitrogen and oxygen atoms in total. The van der Waals surface area contributed by atoms with Crippen molar-refractivity contribution in [3.8, 4) is 0 Å². The maximum atomic E-state index is 12.3. The Morgan fingerprint density at radius 3 is 2.62 bits per heavy atom. The van der Waals surface area contributed by atoms with Gasteiger partial charge in [-0.15, -0.1) is 0 Å². The summed E-state index contributed by atoms with van der Waals surface area (Å²) in [6, 6.07) is 11.1. The molecule has 0 unspecified atom stereocenters. The lowest BCUT2D eigenvalue weighted by Crippen LogP contribution is -2.41. The monoisotopic (exact) mass is 395 g/mol. The minimum Gasteiger partial charge on any atom is -0.450 e. The van der Waals surface area contributed by atoms with Crippen molar-refractivity contribution in [3.63, 3.8) is 0 Å². The van der Waals surface area contributed by atoms with E-state index in [1.54, 1.807) is 36.4 Å². The van der Waals surface area contributed by atoms with Crippen LogP contribution in [-0.2, 0) is 4.74 Å². The Balaban J connectivity index is 1.82. The number of hydrogen-bond donors (Lipinski definition) is 4. The number of rotatable bonds is 3. The van der Waals surface area contributed by atoms with Crippen molar-refractivity contribution < 1.29 is 19.4 Å². The number of amides is 2. The van der Waals surface area contributed by atoms with Crippen LogP contribution in [0.1, 0.15) is 18.0 Å². The minimum absolute atomic E-state index is 0.170. The summed E-state index contributed by atoms with van der Waals surface area (Å²) in [6.45, 7) is 0. The number of carbonyl (C=O) groups is 2. The summed E-state index contributed by atoms with van der Waals surface area (Å²) in [6.07, 6.45) is -2.11. The second kappa shape index (κ2) is 7.72. The molecule has 136 valence electrons. The van der Waals surface area contributed by atoms with E-state index in [1.165, 1.54) is 0 Å². The maximum absolute atomic E-state index is 12.3. The number of nitrogens with one attached hydrogen (secondary N) is 3. The second-order valence-corrected chi connectivity index (χ2v) is 6.46. The third-order valence-corrected chi connectivity index (χ3v) is 4.32. The molecule has 1 heterocycles. The Morgan fingerprint density at radius 2 is 1.92 bits per heavy atom. The Morgan fingerprint density at radius 1 is 1.19 bits per heavy atom. The number of para-hydroxylation sites is 1. The van der Waals surface area contributed by atoms with Gasteiger partial charge in [0.15, 0.2) is 6.23 Å². The van der Waals surface area contributed by atoms with Crippen LogP contribution >= 0.6 is 23.2 Å². The number of hydrogen-bond acceptors (Lipinski definition) is 4. The van der Waals surface area contributed by atoms with Crippen molar-refractivity contribution in [2.24, 2.45) is 0 Å². The molecule has 3 rings (SSSR count). The third-order valence-electron chi connectivity index (χ3n) is 3.79. The molecule has 9 heteroatoms. The van der Waals surface area contributed by atoms with E-state index in [9.17, 15) is 9.59 Å². The van der Waals surface area contributed by atoms with Crippen LogP contribution < -0.4 is 16.0 Å². The molecule has 2 aromatic carbocycles. The van der Waals surface area contributed by atoms with Crippen LogP contribution in [0.15, 0.2) is 42.5 Å². The van der Waals surface area contributed by atoms with Crippen LogP contribution in [0.4, 0.5) is 21.0 Å². The summed E-state index contributed by atoms with van der Waals surface area (Å²) < 4.78 is 4.81. The predicted octanol–water partition coefficient (Wildman–Crippen LogP) is 4.69. The maximum Gasteiger partial charge on any atom is 0.507 e. The van der Waals surface area contributed by atoms with Gasteiger partial charge in [0.2, 0.25) is 0 Å². The molecule has 26 heavy (non-hydrogen) atoms. The lowest BCUT2D eigenvalue weighted by Gasteiger charge is -2.33. The molecule has 0 aromatic heterocycles. The molecule has 0 spiro atoms. The molecular formula is C17H15Cl2N3O4. The number of carboxylic acid groups (broad SMARTS) is 1. The lowest BCUT2D eigenvalue weighted by molar-refractivity contribution is 0.0538. The van der Waals surface area contributed by atoms with Crippen LogP contribution in [0.5, 0.6) is 0 Å². The van der Waals surface area contributed by atoms with Gasteiger partial charge in [0.05, 0.1) is 6.04 Å². The van der Waals surface area contributed by atoms with E-state index >= 15 is 0 Å². The van der Waals surface area contributed by atoms with Crippen molar-refractivity contribution in [2.75, 3.05) is 10.6 Å². The summed E-state index contributed by atoms with van der Waals surface area (Å²) >= 11 is 12.3. The van der Waals surface area contributed by atoms with Gasteiger partial charge >= 0.3 is 12.2 Å². The van der Waals surface area contributed by atoms with Gasteiger partial charge < -0.3 is 25.8 Å². The topological polar surface area (TPSA) is 99.7 Å². The Kier molecular flexibility index (Phi) is 5.39. The van der Waals surface area contributed by atoms with Gasteiger partial charge in [-0.1, -0.05) is 41.4 Å². The highest BCUT2D eigenvalue weighted by molar-refractivity contribution is 6.35. The summed E-state index contributed by atoms with van der Waals surface area (Å²) in [5.41, 5.74) is 1.74. The quantitative estimate of drug-likeness (QED) is 0.564. The van der Waals surface area contributed by atoms with Gasteiger partial charge in [0, 0.05) is 33.4 Å². The van der Waals surface area contributed by atoms with Gasteiger partial charge in [-0.25, -0.2) is 9.59 Å². The van der Waals surface area contributed by atoms with E-state index in [0.29, 0.717) is 27.0 Å². The molecule has 2 atom stereocenters. The van der Waals surface area contributed by atoms with Crippen LogP contribution in [0.25, 0.3) is 0 Å². The molecule has 0 fully saturated rings. The summed E-state index contributed by atoms with van der Waals surface area (Å²) in [4.78, 5) is 23.2. The zero-order valence-electron chi connectivity index (χ0n) is 13.3. The fourth-order valence-corrected chi connectivity index (χ4v) is 3.43. The average Bonchev–Trinajstić information content (AvgIpc) is 2.54. The van der Waals surface area contributed by atoms with Crippen molar-refractivity contribution in [1.82, 2.24) is 5.32 Å². The van der Waals surface area contributed by atoms with E-state index in [4.69, 9.17) is 33.0 Å². The molecule has 0 radical (unpaired) electrons. The first-order chi connectivity index (χ1) is 12.4. The first-order valence-corrected chi connectivity index (χ1v) is 8.45. The fraction of sp³-hybridized carbons (Fsp3) is 0.176. The molecular weight excluding hydrogens is 381 g/mol. The molecule has 4 N–H and O–H groups in total. The number of anilines is 2. The normalized spacial score (nSPS) is 18.2. The van der Waals surface area contributed by atoms with E-state index in [2.05, 4.69) is 16.0 Å². The number of benzene rings is 2.